The van der Waals surface area contributed by atoms with Crippen LogP contribution in [0.4, 0.5) is 5.69 Å². The van der Waals surface area contributed by atoms with Crippen molar-refractivity contribution >= 4 is 55.8 Å². The Morgan fingerprint density at radius 2 is 1.60 bits per heavy atom. The summed E-state index contributed by atoms with van der Waals surface area (Å²) in [6, 6.07) is 5.45. The molecule has 2 aromatic rings. The highest BCUT2D eigenvalue weighted by atomic mass is 32.2. The van der Waals surface area contributed by atoms with Gasteiger partial charge in [-0.05, 0) is 59.6 Å². The van der Waals surface area contributed by atoms with Crippen molar-refractivity contribution in [3.05, 3.63) is 52.1 Å². The summed E-state index contributed by atoms with van der Waals surface area (Å²) in [4.78, 5) is 22.0. The van der Waals surface area contributed by atoms with Crippen molar-refractivity contribution < 1.29 is 43.3 Å². The number of hydrogen-bond acceptors (Lipinski definition) is 10. The molecule has 16 heteroatoms. The van der Waals surface area contributed by atoms with Gasteiger partial charge in [0.1, 0.15) is 0 Å². The zero-order valence-corrected chi connectivity index (χ0v) is 24.1. The predicted molar refractivity (Wildman–Crippen MR) is 154 cm³/mol. The van der Waals surface area contributed by atoms with Crippen molar-refractivity contribution in [2.24, 2.45) is 5.92 Å². The molecule has 1 amide bonds. The molecule has 0 aliphatic carbocycles. The van der Waals surface area contributed by atoms with Crippen molar-refractivity contribution in [1.29, 1.82) is 0 Å². The highest BCUT2D eigenvalue weighted by molar-refractivity contribution is 7.91. The number of aliphatic hydroxyl groups excluding tert-OH is 1. The van der Waals surface area contributed by atoms with Crippen LogP contribution in [0.1, 0.15) is 55.8 Å². The number of non-ortho nitro benzene ring substituents is 1. The Hall–Kier alpha value is -2.38. The van der Waals surface area contributed by atoms with E-state index in [2.05, 4.69) is 21.5 Å². The predicted octanol–water partition coefficient (Wildman–Crippen LogP) is -0.270. The number of benzene rings is 2. The van der Waals surface area contributed by atoms with Gasteiger partial charge in [0.25, 0.3) is 11.6 Å². The van der Waals surface area contributed by atoms with Crippen molar-refractivity contribution in [2.75, 3.05) is 13.2 Å². The van der Waals surface area contributed by atoms with Gasteiger partial charge in [-0.1, -0.05) is 32.6 Å². The minimum Gasteiger partial charge on any atom is -0.423 e. The van der Waals surface area contributed by atoms with Gasteiger partial charge in [-0.25, -0.2) is 8.42 Å². The summed E-state index contributed by atoms with van der Waals surface area (Å²) >= 11 is 0. The van der Waals surface area contributed by atoms with Crippen LogP contribution >= 0.6 is 9.24 Å². The summed E-state index contributed by atoms with van der Waals surface area (Å²) in [5.41, 5.74) is -1.47. The Morgan fingerprint density at radius 1 is 1.00 bits per heavy atom. The first-order chi connectivity index (χ1) is 18.8. The van der Waals surface area contributed by atoms with Gasteiger partial charge in [0.2, 0.25) is 9.84 Å². The lowest BCUT2D eigenvalue weighted by atomic mass is 9.79. The Morgan fingerprint density at radius 3 is 2.15 bits per heavy atom. The van der Waals surface area contributed by atoms with Gasteiger partial charge in [-0.2, -0.15) is 0 Å². The largest absolute Gasteiger partial charge is 0.488 e. The Bertz CT molecular complexity index is 1280. The Labute approximate surface area is 236 Å². The van der Waals surface area contributed by atoms with Gasteiger partial charge in [0.15, 0.2) is 0 Å². The average molecular weight is 596 g/mol. The van der Waals surface area contributed by atoms with E-state index in [0.29, 0.717) is 18.9 Å². The third kappa shape index (κ3) is 9.62. The van der Waals surface area contributed by atoms with Crippen LogP contribution in [0.3, 0.4) is 0 Å². The first-order valence-corrected chi connectivity index (χ1v) is 15.0. The van der Waals surface area contributed by atoms with Crippen LogP contribution in [0.5, 0.6) is 0 Å². The number of carbonyl (C=O) groups is 1. The summed E-state index contributed by atoms with van der Waals surface area (Å²) in [5.74, 6) is -0.202. The van der Waals surface area contributed by atoms with Crippen LogP contribution in [0, 0.1) is 16.0 Å². The number of amides is 1. The molecule has 0 aliphatic rings. The summed E-state index contributed by atoms with van der Waals surface area (Å²) in [5, 5.41) is 61.6. The molecule has 1 unspecified atom stereocenters. The van der Waals surface area contributed by atoms with E-state index >= 15 is 0 Å². The maximum Gasteiger partial charge on any atom is 0.488 e. The maximum absolute atomic E-state index is 13.3. The molecule has 0 fully saturated rings. The molecule has 0 radical (unpaired) electrons. The molecule has 2 rings (SSSR count). The molecule has 0 saturated heterocycles. The van der Waals surface area contributed by atoms with E-state index in [1.54, 1.807) is 0 Å². The lowest BCUT2D eigenvalue weighted by Crippen LogP contribution is -2.33. The lowest BCUT2D eigenvalue weighted by Gasteiger charge is -2.19. The van der Waals surface area contributed by atoms with E-state index < -0.39 is 55.8 Å². The van der Waals surface area contributed by atoms with E-state index in [0.717, 1.165) is 68.5 Å². The molecule has 3 atom stereocenters. The first kappa shape index (κ1) is 33.8. The second-order valence-corrected chi connectivity index (χ2v) is 12.5. The molecule has 218 valence electrons. The van der Waals surface area contributed by atoms with Crippen LogP contribution in [0.15, 0.2) is 46.2 Å². The third-order valence-electron chi connectivity index (χ3n) is 6.42. The van der Waals surface area contributed by atoms with E-state index in [-0.39, 0.29) is 23.3 Å². The number of rotatable bonds is 16. The minimum atomic E-state index is -4.57. The molecule has 2 aromatic carbocycles. The molecular formula is C24H35B2N2O10PS. The fraction of sp³-hybridized carbons (Fsp3) is 0.458. The molecule has 0 aliphatic heterocycles. The van der Waals surface area contributed by atoms with E-state index in [1.165, 1.54) is 0 Å². The maximum atomic E-state index is 13.3. The molecule has 12 nitrogen and oxygen atoms in total. The summed E-state index contributed by atoms with van der Waals surface area (Å²) in [6.45, 7) is 2.49. The molecule has 0 spiro atoms. The monoisotopic (exact) mass is 596 g/mol. The fourth-order valence-corrected chi connectivity index (χ4v) is 6.16. The normalized spacial score (nSPS) is 13.0. The van der Waals surface area contributed by atoms with Crippen LogP contribution in [0.25, 0.3) is 0 Å². The number of hydrogen-bond donors (Lipinski definition) is 6. The molecule has 40 heavy (non-hydrogen) atoms. The molecule has 0 saturated carbocycles. The quantitative estimate of drug-likeness (QED) is 0.0492. The average Bonchev–Trinajstić information content (AvgIpc) is 2.91. The summed E-state index contributed by atoms with van der Waals surface area (Å²) in [6.07, 6.45) is 5.36. The van der Waals surface area contributed by atoms with Crippen LogP contribution < -0.4 is 16.2 Å². The number of nitrogens with one attached hydrogen (secondary N) is 1. The van der Waals surface area contributed by atoms with Gasteiger partial charge >= 0.3 is 14.2 Å². The SMILES string of the molecule is CCC[C@@H](CCCCNC(=O)c1cc(B(O)O)cc(S(=O)(=O)c2cc(B(O)O)cc([N+](=O)[O-])c2)c1)C[C@@H](P)CO. The minimum absolute atomic E-state index is 0.103. The second-order valence-electron chi connectivity index (χ2n) is 9.64. The standard InChI is InChI=1S/C24H35B2N2O10PS/c1-2-5-16(8-21(39)15-29)6-3-4-7-27-24(30)17-9-18(25(31)32)12-22(10-17)40(37,38)23-13-19(26(33)34)11-20(14-23)28(35)36/h9-14,16,21,29,31-34H,2-8,15,39H2,1H3,(H,27,30)/t16-,21+/m0/s1. The smallest absolute Gasteiger partial charge is 0.423 e. The van der Waals surface area contributed by atoms with Gasteiger partial charge in [-0.15, -0.1) is 9.24 Å². The van der Waals surface area contributed by atoms with Gasteiger partial charge < -0.3 is 30.5 Å². The van der Waals surface area contributed by atoms with E-state index in [1.807, 2.05) is 0 Å². The second kappa shape index (κ2) is 15.6. The van der Waals surface area contributed by atoms with Crippen molar-refractivity contribution in [1.82, 2.24) is 5.32 Å². The fourth-order valence-electron chi connectivity index (χ4n) is 4.36. The molecule has 6 N–H and O–H groups in total. The Kier molecular flexibility index (Phi) is 13.2. The Balaban J connectivity index is 2.24. The number of nitrogens with zero attached hydrogens (tertiary/aromatic N) is 1. The zero-order chi connectivity index (χ0) is 30.0. The zero-order valence-electron chi connectivity index (χ0n) is 22.1. The van der Waals surface area contributed by atoms with Crippen LogP contribution in [-0.4, -0.2) is 77.5 Å². The van der Waals surface area contributed by atoms with Crippen molar-refractivity contribution in [3.8, 4) is 0 Å². The highest BCUT2D eigenvalue weighted by Crippen LogP contribution is 2.25. The third-order valence-corrected chi connectivity index (χ3v) is 8.62. The highest BCUT2D eigenvalue weighted by Gasteiger charge is 2.27. The van der Waals surface area contributed by atoms with Crippen molar-refractivity contribution in [2.45, 2.75) is 60.9 Å². The summed E-state index contributed by atoms with van der Waals surface area (Å²) < 4.78 is 26.7. The number of unbranched alkanes of at least 4 members (excludes halogenated alkanes) is 1. The molecule has 0 bridgehead atoms. The van der Waals surface area contributed by atoms with E-state index in [4.69, 9.17) is 0 Å². The number of carbonyl (C=O) groups excluding carboxylic acids is 1. The van der Waals surface area contributed by atoms with Crippen molar-refractivity contribution in [3.63, 3.8) is 0 Å². The summed E-state index contributed by atoms with van der Waals surface area (Å²) in [7, 11) is -6.22. The van der Waals surface area contributed by atoms with E-state index in [9.17, 15) is 48.5 Å². The number of nitro benzene ring substituents is 1. The number of aliphatic hydroxyl groups is 1. The van der Waals surface area contributed by atoms with Gasteiger partial charge in [0.05, 0.1) is 14.7 Å². The number of nitro groups is 1. The van der Waals surface area contributed by atoms with Crippen LogP contribution in [-0.2, 0) is 9.84 Å². The molecule has 0 heterocycles. The topological polar surface area (TPSA) is 208 Å². The molecule has 0 aromatic heterocycles. The van der Waals surface area contributed by atoms with Gasteiger partial charge in [0, 0.05) is 30.8 Å². The van der Waals surface area contributed by atoms with Gasteiger partial charge in [-0.3, -0.25) is 14.9 Å². The number of sulfone groups is 1. The van der Waals surface area contributed by atoms with Crippen LogP contribution in [0.2, 0.25) is 0 Å². The molecular weight excluding hydrogens is 561 g/mol. The first-order valence-electron chi connectivity index (χ1n) is 12.9. The lowest BCUT2D eigenvalue weighted by molar-refractivity contribution is -0.385.